The summed E-state index contributed by atoms with van der Waals surface area (Å²) in [6.45, 7) is 1.19. The topological polar surface area (TPSA) is 21.3 Å². The average molecular weight is 383 g/mol. The third kappa shape index (κ3) is 4.04. The molecule has 0 radical (unpaired) electrons. The lowest BCUT2D eigenvalue weighted by atomic mass is 9.89. The first kappa shape index (κ1) is 18.6. The van der Waals surface area contributed by atoms with E-state index in [4.69, 9.17) is 4.74 Å². The number of rotatable bonds is 4. The summed E-state index contributed by atoms with van der Waals surface area (Å²) in [4.78, 5) is 0. The number of nitrogens with one attached hydrogen (secondary N) is 1. The molecule has 0 bridgehead atoms. The molecule has 0 saturated carbocycles. The Morgan fingerprint density at radius 2 is 1.75 bits per heavy atom. The van der Waals surface area contributed by atoms with E-state index in [1.54, 1.807) is 6.07 Å². The maximum Gasteiger partial charge on any atom is 0.416 e. The quantitative estimate of drug-likeness (QED) is 0.641. The first-order valence-corrected chi connectivity index (χ1v) is 9.21. The molecular formula is C23H20F3NO. The molecule has 5 heteroatoms. The minimum Gasteiger partial charge on any atom is -0.489 e. The van der Waals surface area contributed by atoms with E-state index < -0.39 is 11.7 Å². The van der Waals surface area contributed by atoms with E-state index in [-0.39, 0.29) is 6.04 Å². The zero-order chi connectivity index (χ0) is 19.6. The molecule has 1 heterocycles. The minimum absolute atomic E-state index is 0.255. The van der Waals surface area contributed by atoms with Crippen molar-refractivity contribution in [3.63, 3.8) is 0 Å². The van der Waals surface area contributed by atoms with Crippen molar-refractivity contribution in [1.29, 1.82) is 0 Å². The van der Waals surface area contributed by atoms with E-state index in [1.165, 1.54) is 12.1 Å². The molecule has 0 aliphatic carbocycles. The van der Waals surface area contributed by atoms with Crippen LogP contribution in [0.15, 0.2) is 72.8 Å². The van der Waals surface area contributed by atoms with Crippen LogP contribution in [0, 0.1) is 0 Å². The fourth-order valence-electron chi connectivity index (χ4n) is 3.56. The van der Waals surface area contributed by atoms with Crippen molar-refractivity contribution in [3.8, 4) is 5.75 Å². The van der Waals surface area contributed by atoms with Gasteiger partial charge in [-0.3, -0.25) is 0 Å². The third-order valence-electron chi connectivity index (χ3n) is 4.96. The summed E-state index contributed by atoms with van der Waals surface area (Å²) in [5.41, 5.74) is 3.18. The predicted octanol–water partition coefficient (Wildman–Crippen LogP) is 5.52. The van der Waals surface area contributed by atoms with Gasteiger partial charge >= 0.3 is 6.18 Å². The molecular weight excluding hydrogens is 363 g/mol. The van der Waals surface area contributed by atoms with Crippen LogP contribution in [0.3, 0.4) is 0 Å². The number of ether oxygens (including phenoxy) is 1. The van der Waals surface area contributed by atoms with Gasteiger partial charge in [-0.15, -0.1) is 0 Å². The van der Waals surface area contributed by atoms with Gasteiger partial charge in [0, 0.05) is 6.54 Å². The van der Waals surface area contributed by atoms with Crippen molar-refractivity contribution in [2.45, 2.75) is 25.2 Å². The molecule has 0 aromatic heterocycles. The summed E-state index contributed by atoms with van der Waals surface area (Å²) < 4.78 is 45.1. The van der Waals surface area contributed by atoms with Gasteiger partial charge in [0.2, 0.25) is 0 Å². The van der Waals surface area contributed by atoms with Gasteiger partial charge in [-0.05, 0) is 52.9 Å². The van der Waals surface area contributed by atoms with Gasteiger partial charge in [-0.1, -0.05) is 48.5 Å². The lowest BCUT2D eigenvalue weighted by Gasteiger charge is -2.28. The van der Waals surface area contributed by atoms with E-state index >= 15 is 0 Å². The van der Waals surface area contributed by atoms with Gasteiger partial charge in [-0.25, -0.2) is 0 Å². The van der Waals surface area contributed by atoms with Gasteiger partial charge in [0.1, 0.15) is 12.4 Å². The van der Waals surface area contributed by atoms with Crippen molar-refractivity contribution in [1.82, 2.24) is 5.32 Å². The Balaban J connectivity index is 1.57. The molecule has 2 nitrogen and oxygen atoms in total. The van der Waals surface area contributed by atoms with E-state index in [2.05, 4.69) is 5.32 Å². The van der Waals surface area contributed by atoms with Crippen LogP contribution >= 0.6 is 0 Å². The molecule has 1 unspecified atom stereocenters. The number of benzene rings is 3. The van der Waals surface area contributed by atoms with Crippen LogP contribution in [0.25, 0.3) is 0 Å². The monoisotopic (exact) mass is 383 g/mol. The third-order valence-corrected chi connectivity index (χ3v) is 4.96. The fraction of sp³-hybridized carbons (Fsp3) is 0.217. The highest BCUT2D eigenvalue weighted by molar-refractivity contribution is 5.44. The second-order valence-corrected chi connectivity index (χ2v) is 6.90. The van der Waals surface area contributed by atoms with Crippen LogP contribution in [0.4, 0.5) is 13.2 Å². The lowest BCUT2D eigenvalue weighted by Crippen LogP contribution is -2.30. The van der Waals surface area contributed by atoms with Crippen molar-refractivity contribution in [2.75, 3.05) is 6.54 Å². The smallest absolute Gasteiger partial charge is 0.416 e. The zero-order valence-corrected chi connectivity index (χ0v) is 15.2. The van der Waals surface area contributed by atoms with Gasteiger partial charge in [-0.2, -0.15) is 13.2 Å². The largest absolute Gasteiger partial charge is 0.489 e. The van der Waals surface area contributed by atoms with Crippen LogP contribution in [0.1, 0.15) is 33.9 Å². The molecule has 0 saturated heterocycles. The molecule has 4 rings (SSSR count). The van der Waals surface area contributed by atoms with Gasteiger partial charge in [0.05, 0.1) is 11.6 Å². The minimum atomic E-state index is -4.34. The zero-order valence-electron chi connectivity index (χ0n) is 15.2. The van der Waals surface area contributed by atoms with Crippen LogP contribution < -0.4 is 10.1 Å². The van der Waals surface area contributed by atoms with Crippen LogP contribution in [-0.4, -0.2) is 6.54 Å². The molecule has 1 N–H and O–H groups in total. The summed E-state index contributed by atoms with van der Waals surface area (Å²) in [5.74, 6) is 0.771. The van der Waals surface area contributed by atoms with Crippen molar-refractivity contribution in [3.05, 3.63) is 101 Å². The summed E-state index contributed by atoms with van der Waals surface area (Å²) in [5, 5.41) is 3.34. The van der Waals surface area contributed by atoms with Crippen molar-refractivity contribution >= 4 is 0 Å². The Kier molecular flexibility index (Phi) is 5.09. The molecule has 0 spiro atoms. The summed E-state index contributed by atoms with van der Waals surface area (Å²) >= 11 is 0. The first-order chi connectivity index (χ1) is 13.5. The van der Waals surface area contributed by atoms with Gasteiger partial charge < -0.3 is 10.1 Å². The highest BCUT2D eigenvalue weighted by atomic mass is 19.4. The number of halogens is 3. The van der Waals surface area contributed by atoms with E-state index in [9.17, 15) is 13.2 Å². The molecule has 1 atom stereocenters. The molecule has 0 fully saturated rings. The molecule has 1 aliphatic heterocycles. The standard InChI is InChI=1S/C23H20F3NO/c24-23(25,26)19-8-4-7-18(13-19)22-21-10-9-20(14-17(21)11-12-27-22)28-15-16-5-2-1-3-6-16/h1-10,13-14,22,27H,11-12,15H2. The molecule has 3 aromatic rings. The predicted molar refractivity (Wildman–Crippen MR) is 102 cm³/mol. The number of alkyl halides is 3. The molecule has 1 aliphatic rings. The second-order valence-electron chi connectivity index (χ2n) is 6.90. The van der Waals surface area contributed by atoms with Crippen LogP contribution in [0.2, 0.25) is 0 Å². The average Bonchev–Trinajstić information content (AvgIpc) is 2.72. The number of hydrogen-bond donors (Lipinski definition) is 1. The van der Waals surface area contributed by atoms with Crippen molar-refractivity contribution < 1.29 is 17.9 Å². The molecule has 28 heavy (non-hydrogen) atoms. The molecule has 144 valence electrons. The maximum atomic E-state index is 13.1. The number of hydrogen-bond acceptors (Lipinski definition) is 2. The number of fused-ring (bicyclic) bond motifs is 1. The highest BCUT2D eigenvalue weighted by Crippen LogP contribution is 2.35. The Bertz CT molecular complexity index is 954. The van der Waals surface area contributed by atoms with Gasteiger partial charge in [0.15, 0.2) is 0 Å². The van der Waals surface area contributed by atoms with Crippen LogP contribution in [-0.2, 0) is 19.2 Å². The summed E-state index contributed by atoms with van der Waals surface area (Å²) in [6, 6.07) is 21.0. The Labute approximate surface area is 162 Å². The normalized spacial score (nSPS) is 16.5. The van der Waals surface area contributed by atoms with E-state index in [0.29, 0.717) is 18.7 Å². The van der Waals surface area contributed by atoms with Gasteiger partial charge in [0.25, 0.3) is 0 Å². The van der Waals surface area contributed by atoms with E-state index in [0.717, 1.165) is 34.9 Å². The Morgan fingerprint density at radius 1 is 0.929 bits per heavy atom. The van der Waals surface area contributed by atoms with Crippen molar-refractivity contribution in [2.24, 2.45) is 0 Å². The Hall–Kier alpha value is -2.79. The second kappa shape index (κ2) is 7.68. The highest BCUT2D eigenvalue weighted by Gasteiger charge is 2.31. The SMILES string of the molecule is FC(F)(F)c1cccc(C2NCCc3cc(OCc4ccccc4)ccc32)c1. The maximum absolute atomic E-state index is 13.1. The molecule has 3 aromatic carbocycles. The van der Waals surface area contributed by atoms with Crippen LogP contribution in [0.5, 0.6) is 5.75 Å². The first-order valence-electron chi connectivity index (χ1n) is 9.21. The summed E-state index contributed by atoms with van der Waals surface area (Å²) in [7, 11) is 0. The Morgan fingerprint density at radius 3 is 2.54 bits per heavy atom. The lowest BCUT2D eigenvalue weighted by molar-refractivity contribution is -0.137. The molecule has 0 amide bonds. The summed E-state index contributed by atoms with van der Waals surface area (Å²) in [6.07, 6.45) is -3.53. The van der Waals surface area contributed by atoms with E-state index in [1.807, 2.05) is 48.5 Å². The fourth-order valence-corrected chi connectivity index (χ4v) is 3.56.